The van der Waals surface area contributed by atoms with Crippen LogP contribution in [0.25, 0.3) is 0 Å². The van der Waals surface area contributed by atoms with Crippen LogP contribution >= 0.6 is 0 Å². The van der Waals surface area contributed by atoms with Crippen molar-refractivity contribution in [1.82, 2.24) is 0 Å². The van der Waals surface area contributed by atoms with Crippen LogP contribution in [0, 0.1) is 17.1 Å². The number of rotatable bonds is 3. The number of ether oxygens (including phenoxy) is 1. The van der Waals surface area contributed by atoms with Crippen LogP contribution < -0.4 is 4.74 Å². The number of nitrogens with zero attached hydrogens (tertiary/aromatic N) is 1. The Morgan fingerprint density at radius 3 is 2.35 bits per heavy atom. The van der Waals surface area contributed by atoms with Crippen molar-refractivity contribution in [2.75, 3.05) is 7.11 Å². The van der Waals surface area contributed by atoms with Crippen LogP contribution in [0.4, 0.5) is 4.39 Å². The molecule has 0 heterocycles. The topological polar surface area (TPSA) is 53.2 Å². The number of halogens is 1. The number of nitriles is 1. The lowest BCUT2D eigenvalue weighted by molar-refractivity contribution is 0.0978. The second-order valence-corrected chi connectivity index (χ2v) is 4.61. The van der Waals surface area contributed by atoms with Gasteiger partial charge >= 0.3 is 0 Å². The van der Waals surface area contributed by atoms with Crippen LogP contribution in [-0.2, 0) is 5.60 Å². The molecule has 2 aromatic carbocycles. The predicted molar refractivity (Wildman–Crippen MR) is 72.8 cm³/mol. The fraction of sp³-hybridized carbons (Fsp3) is 0.188. The average molecular weight is 271 g/mol. The van der Waals surface area contributed by atoms with Crippen LogP contribution in [0.15, 0.2) is 42.5 Å². The Hall–Kier alpha value is -2.38. The monoisotopic (exact) mass is 271 g/mol. The highest BCUT2D eigenvalue weighted by atomic mass is 19.1. The van der Waals surface area contributed by atoms with Crippen molar-refractivity contribution >= 4 is 0 Å². The van der Waals surface area contributed by atoms with Gasteiger partial charge in [0.2, 0.25) is 0 Å². The molecule has 0 aromatic heterocycles. The van der Waals surface area contributed by atoms with Gasteiger partial charge in [-0.25, -0.2) is 4.39 Å². The van der Waals surface area contributed by atoms with E-state index in [-0.39, 0.29) is 5.56 Å². The van der Waals surface area contributed by atoms with Crippen LogP contribution in [0.2, 0.25) is 0 Å². The zero-order valence-corrected chi connectivity index (χ0v) is 11.2. The van der Waals surface area contributed by atoms with Crippen molar-refractivity contribution in [3.8, 4) is 11.8 Å². The van der Waals surface area contributed by atoms with Gasteiger partial charge in [0.05, 0.1) is 18.7 Å². The summed E-state index contributed by atoms with van der Waals surface area (Å²) in [7, 11) is 1.45. The molecule has 3 nitrogen and oxygen atoms in total. The van der Waals surface area contributed by atoms with Crippen molar-refractivity contribution in [2.24, 2.45) is 0 Å². The highest BCUT2D eigenvalue weighted by molar-refractivity contribution is 5.41. The van der Waals surface area contributed by atoms with E-state index in [2.05, 4.69) is 0 Å². The largest absolute Gasteiger partial charge is 0.497 e. The zero-order valence-electron chi connectivity index (χ0n) is 11.2. The zero-order chi connectivity index (χ0) is 14.8. The first-order valence-corrected chi connectivity index (χ1v) is 6.06. The first kappa shape index (κ1) is 14.0. The summed E-state index contributed by atoms with van der Waals surface area (Å²) >= 11 is 0. The van der Waals surface area contributed by atoms with Crippen LogP contribution in [-0.4, -0.2) is 12.2 Å². The second-order valence-electron chi connectivity index (χ2n) is 4.61. The second kappa shape index (κ2) is 5.32. The van der Waals surface area contributed by atoms with Crippen LogP contribution in [0.1, 0.15) is 23.6 Å². The number of hydrogen-bond donors (Lipinski definition) is 1. The summed E-state index contributed by atoms with van der Waals surface area (Å²) in [5.74, 6) is -0.152. The molecule has 0 saturated carbocycles. The summed E-state index contributed by atoms with van der Waals surface area (Å²) in [6, 6.07) is 12.7. The lowest BCUT2D eigenvalue weighted by Gasteiger charge is -2.25. The van der Waals surface area contributed by atoms with Gasteiger partial charge in [-0.05, 0) is 36.8 Å². The highest BCUT2D eigenvalue weighted by Crippen LogP contribution is 2.32. The minimum absolute atomic E-state index is 0.156. The van der Waals surface area contributed by atoms with Gasteiger partial charge in [-0.1, -0.05) is 12.1 Å². The van der Waals surface area contributed by atoms with E-state index in [0.29, 0.717) is 16.9 Å². The maximum atomic E-state index is 14.1. The molecule has 0 radical (unpaired) electrons. The molecule has 0 amide bonds. The molecule has 0 aliphatic heterocycles. The number of methoxy groups -OCH3 is 1. The van der Waals surface area contributed by atoms with Gasteiger partial charge in [-0.15, -0.1) is 0 Å². The van der Waals surface area contributed by atoms with Gasteiger partial charge < -0.3 is 9.84 Å². The van der Waals surface area contributed by atoms with Crippen molar-refractivity contribution in [3.05, 3.63) is 65.0 Å². The molecule has 1 N–H and O–H groups in total. The van der Waals surface area contributed by atoms with Gasteiger partial charge in [0.25, 0.3) is 0 Å². The van der Waals surface area contributed by atoms with Gasteiger partial charge in [-0.2, -0.15) is 5.26 Å². The van der Waals surface area contributed by atoms with Gasteiger partial charge in [0.15, 0.2) is 0 Å². The predicted octanol–water partition coefficient (Wildman–Crippen LogP) is 2.96. The molecule has 0 spiro atoms. The van der Waals surface area contributed by atoms with Gasteiger partial charge in [-0.3, -0.25) is 0 Å². The van der Waals surface area contributed by atoms with Gasteiger partial charge in [0, 0.05) is 11.6 Å². The Balaban J connectivity index is 2.45. The van der Waals surface area contributed by atoms with E-state index in [1.807, 2.05) is 6.07 Å². The molecule has 0 saturated heterocycles. The third-order valence-electron chi connectivity index (χ3n) is 3.28. The first-order chi connectivity index (χ1) is 9.48. The molecular formula is C16H14FNO2. The Bertz CT molecular complexity index is 657. The fourth-order valence-corrected chi connectivity index (χ4v) is 2.04. The number of aliphatic hydroxyl groups is 1. The van der Waals surface area contributed by atoms with Crippen molar-refractivity contribution < 1.29 is 14.2 Å². The summed E-state index contributed by atoms with van der Waals surface area (Å²) in [6.45, 7) is 1.51. The maximum absolute atomic E-state index is 14.1. The van der Waals surface area contributed by atoms with E-state index in [0.717, 1.165) is 0 Å². The van der Waals surface area contributed by atoms with Crippen molar-refractivity contribution in [2.45, 2.75) is 12.5 Å². The van der Waals surface area contributed by atoms with E-state index in [4.69, 9.17) is 10.00 Å². The average Bonchev–Trinajstić information content (AvgIpc) is 2.46. The molecule has 20 heavy (non-hydrogen) atoms. The molecule has 0 aliphatic carbocycles. The van der Waals surface area contributed by atoms with Crippen LogP contribution in [0.5, 0.6) is 5.75 Å². The maximum Gasteiger partial charge on any atom is 0.133 e. The standard InChI is InChI=1S/C16H14FNO2/c1-16(19,12-5-3-11(10-18)4-6-12)14-8-7-13(20-2)9-15(14)17/h3-9,19H,1-2H3. The van der Waals surface area contributed by atoms with Crippen molar-refractivity contribution in [1.29, 1.82) is 5.26 Å². The SMILES string of the molecule is COc1ccc(C(C)(O)c2ccc(C#N)cc2)c(F)c1. The lowest BCUT2D eigenvalue weighted by Crippen LogP contribution is -2.24. The van der Waals surface area contributed by atoms with E-state index in [1.54, 1.807) is 30.3 Å². The third kappa shape index (κ3) is 2.49. The number of benzene rings is 2. The van der Waals surface area contributed by atoms with Gasteiger partial charge in [0.1, 0.15) is 17.2 Å². The van der Waals surface area contributed by atoms with Crippen LogP contribution in [0.3, 0.4) is 0 Å². The molecular weight excluding hydrogens is 257 g/mol. The molecule has 102 valence electrons. The minimum atomic E-state index is -1.48. The minimum Gasteiger partial charge on any atom is -0.497 e. The summed E-state index contributed by atoms with van der Waals surface area (Å²) in [5, 5.41) is 19.4. The molecule has 2 aromatic rings. The lowest BCUT2D eigenvalue weighted by atomic mass is 9.87. The Morgan fingerprint density at radius 1 is 1.20 bits per heavy atom. The molecule has 1 unspecified atom stereocenters. The Morgan fingerprint density at radius 2 is 1.85 bits per heavy atom. The normalized spacial score (nSPS) is 13.3. The molecule has 1 atom stereocenters. The smallest absolute Gasteiger partial charge is 0.133 e. The Kier molecular flexibility index (Phi) is 3.73. The summed E-state index contributed by atoms with van der Waals surface area (Å²) in [6.07, 6.45) is 0. The summed E-state index contributed by atoms with van der Waals surface area (Å²) in [5.41, 5.74) is -0.326. The van der Waals surface area contributed by atoms with E-state index >= 15 is 0 Å². The quantitative estimate of drug-likeness (QED) is 0.933. The van der Waals surface area contributed by atoms with Crippen molar-refractivity contribution in [3.63, 3.8) is 0 Å². The van der Waals surface area contributed by atoms with E-state index in [9.17, 15) is 9.50 Å². The molecule has 0 fully saturated rings. The summed E-state index contributed by atoms with van der Waals surface area (Å²) in [4.78, 5) is 0. The molecule has 0 bridgehead atoms. The fourth-order valence-electron chi connectivity index (χ4n) is 2.04. The van der Waals surface area contributed by atoms with E-state index < -0.39 is 11.4 Å². The van der Waals surface area contributed by atoms with E-state index in [1.165, 1.54) is 26.2 Å². The highest BCUT2D eigenvalue weighted by Gasteiger charge is 2.28. The third-order valence-corrected chi connectivity index (χ3v) is 3.28. The molecule has 2 rings (SSSR count). The summed E-state index contributed by atoms with van der Waals surface area (Å²) < 4.78 is 19.0. The first-order valence-electron chi connectivity index (χ1n) is 6.06. The number of hydrogen-bond acceptors (Lipinski definition) is 3. The molecule has 4 heteroatoms. The molecule has 0 aliphatic rings. The Labute approximate surface area is 116 Å².